The van der Waals surface area contributed by atoms with Crippen LogP contribution in [0.4, 0.5) is 0 Å². The SMILES string of the molecule is CC[C@H](C)[C@H](N)C(=O)N[C@@H](CCCCN)C(=O)N1CCC[C@H]1C(=O)NCC(=O)N[C@H](C(=O)N[C@H](C(=O)N[C@H](C(=O)NCC(=O)NCC(=O)N[C@@H](Cc1ccc(O)cc1)C(=O)N[C@H](C(=O)N[C@H](C(=O)N[C@@H](C)C(=O)N[C@@H](C)C(=O)N[C@@H](C)C(=O)O)C(C)C)C(C)C)C(C)C)[C@@H](C)CC)C(C)C. The standard InChI is InChI=1S/C67H112N16O17/c1-16-37(11)50(69)60(92)77-44(21-18-19-27-68)66(98)83-28-20-22-46(83)59(91)71-32-49(87)78-52(34(5)6)63(95)82-55(38(12)17-2)65(97)80-51(33(3)4)61(93)72-30-47(85)70-31-48(86)76-45(29-42-23-25-43(84)26-24-42)58(90)79-54(36(9)10)64(96)81-53(35(7)8)62(94)74-40(14)56(88)73-39(13)57(89)75-41(15)67(99)100/h23-26,33-41,44-46,50-55,84H,16-22,27-32,68-69H2,1-15H3,(H,70,85)(H,71,91)(H,72,93)(H,73,88)(H,74,94)(H,75,89)(H,76,86)(H,77,92)(H,78,87)(H,79,90)(H,80,97)(H,81,96)(H,82,95)(H,99,100)/t37-,38-,39-,40-,41-,44-,45-,46-,50-,51-,52-,53-,54-,55-/m0/s1. The third-order valence-corrected chi connectivity index (χ3v) is 17.3. The van der Waals surface area contributed by atoms with Crippen LogP contribution in [0.2, 0.25) is 0 Å². The fourth-order valence-electron chi connectivity index (χ4n) is 10.4. The number of nitrogens with one attached hydrogen (secondary N) is 13. The number of carboxylic acid groups (broad SMARTS) is 1. The topological polar surface area (TPSA) is 508 Å². The van der Waals surface area contributed by atoms with Gasteiger partial charge in [-0.2, -0.15) is 0 Å². The number of nitrogens with zero attached hydrogens (tertiary/aromatic N) is 1. The molecular weight excluding hydrogens is 1300 g/mol. The number of hydrogen-bond donors (Lipinski definition) is 17. The lowest BCUT2D eigenvalue weighted by molar-refractivity contribution is -0.142. The molecule has 33 nitrogen and oxygen atoms in total. The first-order valence-corrected chi connectivity index (χ1v) is 34.4. The molecule has 1 aliphatic heterocycles. The van der Waals surface area contributed by atoms with E-state index in [1.54, 1.807) is 69.2 Å². The van der Waals surface area contributed by atoms with Gasteiger partial charge in [0, 0.05) is 13.0 Å². The molecule has 0 spiro atoms. The number of likely N-dealkylation sites (tertiary alicyclic amines) is 1. The number of benzene rings is 1. The zero-order chi connectivity index (χ0) is 76.0. The quantitative estimate of drug-likeness (QED) is 0.0299. The molecule has 0 aromatic heterocycles. The maximum Gasteiger partial charge on any atom is 0.325 e. The third-order valence-electron chi connectivity index (χ3n) is 17.3. The summed E-state index contributed by atoms with van der Waals surface area (Å²) < 4.78 is 0. The molecule has 14 amide bonds. The first kappa shape index (κ1) is 87.1. The van der Waals surface area contributed by atoms with Crippen LogP contribution in [-0.4, -0.2) is 209 Å². The number of carboxylic acids is 1. The number of phenolic OH excluding ortho intramolecular Hbond substituents is 1. The Morgan fingerprint density at radius 3 is 1.42 bits per heavy atom. The number of carbonyl (C=O) groups excluding carboxylic acids is 14. The summed E-state index contributed by atoms with van der Waals surface area (Å²) in [7, 11) is 0. The van der Waals surface area contributed by atoms with Gasteiger partial charge in [-0.05, 0) is 113 Å². The second-order valence-corrected chi connectivity index (χ2v) is 27.0. The number of unbranched alkanes of at least 4 members (excludes halogenated alkanes) is 1. The van der Waals surface area contributed by atoms with Gasteiger partial charge in [0.25, 0.3) is 0 Å². The Kier molecular flexibility index (Phi) is 37.3. The first-order valence-electron chi connectivity index (χ1n) is 34.4. The van der Waals surface area contributed by atoms with Crippen LogP contribution < -0.4 is 80.6 Å². The van der Waals surface area contributed by atoms with Crippen molar-refractivity contribution >= 4 is 88.7 Å². The second-order valence-electron chi connectivity index (χ2n) is 27.0. The summed E-state index contributed by atoms with van der Waals surface area (Å²) in [4.78, 5) is 202. The van der Waals surface area contributed by atoms with E-state index in [0.717, 1.165) is 0 Å². The Bertz CT molecular complexity index is 2990. The van der Waals surface area contributed by atoms with E-state index in [0.29, 0.717) is 50.6 Å². The number of amides is 14. The molecular formula is C67H112N16O17. The minimum atomic E-state index is -1.41. The maximum atomic E-state index is 14.1. The number of nitrogens with two attached hydrogens (primary N) is 2. The summed E-state index contributed by atoms with van der Waals surface area (Å²) in [6.45, 7) is 22.7. The van der Waals surface area contributed by atoms with E-state index in [1.807, 2.05) is 13.8 Å². The molecule has 1 aromatic carbocycles. The van der Waals surface area contributed by atoms with Crippen molar-refractivity contribution in [3.8, 4) is 5.75 Å². The highest BCUT2D eigenvalue weighted by molar-refractivity contribution is 5.99. The van der Waals surface area contributed by atoms with E-state index < -0.39 is 210 Å². The number of carbonyl (C=O) groups is 15. The van der Waals surface area contributed by atoms with Crippen LogP contribution in [0.25, 0.3) is 0 Å². The van der Waals surface area contributed by atoms with E-state index in [-0.39, 0.29) is 31.1 Å². The molecule has 1 aromatic rings. The average Bonchev–Trinajstić information content (AvgIpc) is 1.68. The summed E-state index contributed by atoms with van der Waals surface area (Å²) in [6.07, 6.45) is 3.01. The average molecular weight is 1410 g/mol. The van der Waals surface area contributed by atoms with E-state index >= 15 is 0 Å². The fraction of sp³-hybridized carbons (Fsp3) is 0.687. The van der Waals surface area contributed by atoms with Gasteiger partial charge in [-0.1, -0.05) is 108 Å². The van der Waals surface area contributed by atoms with Gasteiger partial charge in [-0.3, -0.25) is 71.9 Å². The molecule has 0 saturated carbocycles. The molecule has 0 radical (unpaired) electrons. The summed E-state index contributed by atoms with van der Waals surface area (Å²) in [6, 6.07) is -8.46. The molecule has 14 atom stereocenters. The largest absolute Gasteiger partial charge is 0.508 e. The molecule has 100 heavy (non-hydrogen) atoms. The molecule has 562 valence electrons. The van der Waals surface area contributed by atoms with Gasteiger partial charge in [0.05, 0.1) is 25.7 Å². The molecule has 1 heterocycles. The number of phenols is 1. The Labute approximate surface area is 585 Å². The van der Waals surface area contributed by atoms with Gasteiger partial charge < -0.3 is 95.7 Å². The monoisotopic (exact) mass is 1410 g/mol. The smallest absolute Gasteiger partial charge is 0.325 e. The third kappa shape index (κ3) is 28.7. The maximum absolute atomic E-state index is 14.1. The molecule has 0 unspecified atom stereocenters. The van der Waals surface area contributed by atoms with Crippen molar-refractivity contribution in [2.45, 2.75) is 228 Å². The molecule has 19 N–H and O–H groups in total. The van der Waals surface area contributed by atoms with Crippen LogP contribution in [0.5, 0.6) is 5.75 Å². The van der Waals surface area contributed by atoms with Crippen LogP contribution in [0.15, 0.2) is 24.3 Å². The lowest BCUT2D eigenvalue weighted by atomic mass is 9.95. The van der Waals surface area contributed by atoms with Crippen molar-refractivity contribution in [1.82, 2.24) is 74.0 Å². The van der Waals surface area contributed by atoms with Crippen LogP contribution >= 0.6 is 0 Å². The summed E-state index contributed by atoms with van der Waals surface area (Å²) in [5.74, 6) is -14.8. The van der Waals surface area contributed by atoms with Crippen LogP contribution in [0, 0.1) is 35.5 Å². The number of aliphatic carboxylic acids is 1. The predicted octanol–water partition coefficient (Wildman–Crippen LogP) is -2.56. The first-order chi connectivity index (χ1) is 46.8. The van der Waals surface area contributed by atoms with Crippen molar-refractivity contribution < 1.29 is 82.1 Å². The highest BCUT2D eigenvalue weighted by atomic mass is 16.4. The molecule has 1 saturated heterocycles. The van der Waals surface area contributed by atoms with Crippen molar-refractivity contribution in [3.05, 3.63) is 29.8 Å². The molecule has 0 aliphatic carbocycles. The van der Waals surface area contributed by atoms with Gasteiger partial charge >= 0.3 is 5.97 Å². The number of hydrogen-bond acceptors (Lipinski definition) is 18. The zero-order valence-electron chi connectivity index (χ0n) is 60.5. The molecule has 1 aliphatic rings. The second kappa shape index (κ2) is 42.8. The lowest BCUT2D eigenvalue weighted by Gasteiger charge is -2.30. The highest BCUT2D eigenvalue weighted by Crippen LogP contribution is 2.21. The Morgan fingerprint density at radius 1 is 0.470 bits per heavy atom. The Morgan fingerprint density at radius 2 is 0.910 bits per heavy atom. The van der Waals surface area contributed by atoms with E-state index in [9.17, 15) is 77.0 Å². The fourth-order valence-corrected chi connectivity index (χ4v) is 10.4. The highest BCUT2D eigenvalue weighted by Gasteiger charge is 2.40. The van der Waals surface area contributed by atoms with Crippen LogP contribution in [0.1, 0.15) is 154 Å². The van der Waals surface area contributed by atoms with Crippen LogP contribution in [-0.2, 0) is 78.3 Å². The lowest BCUT2D eigenvalue weighted by Crippen LogP contribution is -2.61. The molecule has 0 bridgehead atoms. The van der Waals surface area contributed by atoms with Crippen LogP contribution in [0.3, 0.4) is 0 Å². The predicted molar refractivity (Wildman–Crippen MR) is 369 cm³/mol. The van der Waals surface area contributed by atoms with Crippen molar-refractivity contribution in [2.75, 3.05) is 32.7 Å². The normalized spacial score (nSPS) is 16.7. The van der Waals surface area contributed by atoms with Crippen molar-refractivity contribution in [1.29, 1.82) is 0 Å². The van der Waals surface area contributed by atoms with E-state index in [4.69, 9.17) is 16.6 Å². The van der Waals surface area contributed by atoms with Gasteiger partial charge in [-0.15, -0.1) is 0 Å². The summed E-state index contributed by atoms with van der Waals surface area (Å²) in [5, 5.41) is 52.2. The Balaban J connectivity index is 2.14. The van der Waals surface area contributed by atoms with Gasteiger partial charge in [0.1, 0.15) is 72.2 Å². The molecule has 2 rings (SSSR count). The summed E-state index contributed by atoms with van der Waals surface area (Å²) >= 11 is 0. The molecule has 33 heteroatoms. The minimum Gasteiger partial charge on any atom is -0.508 e. The van der Waals surface area contributed by atoms with Gasteiger partial charge in [-0.25, -0.2) is 0 Å². The Hall–Kier alpha value is -9.01. The van der Waals surface area contributed by atoms with Crippen molar-refractivity contribution in [3.63, 3.8) is 0 Å². The van der Waals surface area contributed by atoms with Gasteiger partial charge in [0.2, 0.25) is 82.7 Å². The minimum absolute atomic E-state index is 0.0915. The number of rotatable bonds is 42. The zero-order valence-corrected chi connectivity index (χ0v) is 60.5. The summed E-state index contributed by atoms with van der Waals surface area (Å²) in [5.41, 5.74) is 12.3. The van der Waals surface area contributed by atoms with Crippen molar-refractivity contribution in [2.24, 2.45) is 47.0 Å². The molecule has 1 fully saturated rings. The van der Waals surface area contributed by atoms with Gasteiger partial charge in [0.15, 0.2) is 0 Å². The van der Waals surface area contributed by atoms with E-state index in [2.05, 4.69) is 69.1 Å². The van der Waals surface area contributed by atoms with E-state index in [1.165, 1.54) is 49.9 Å². The number of aromatic hydroxyl groups is 1.